The maximum atomic E-state index is 5.40. The summed E-state index contributed by atoms with van der Waals surface area (Å²) >= 11 is 0. The molecular weight excluding hydrogens is 214 g/mol. The van der Waals surface area contributed by atoms with Crippen LogP contribution in [-0.2, 0) is 24.1 Å². The number of rotatable bonds is 2. The average Bonchev–Trinajstić information content (AvgIpc) is 2.40. The topological polar surface area (TPSA) is 47.0 Å². The second-order valence-electron chi connectivity index (χ2n) is 4.93. The second kappa shape index (κ2) is 5.10. The SMILES string of the molecule is c1nc2c(c(CC3CCOCC3)n1)CNCC2. The highest BCUT2D eigenvalue weighted by molar-refractivity contribution is 5.27. The van der Waals surface area contributed by atoms with Crippen LogP contribution in [0.2, 0.25) is 0 Å². The molecule has 0 bridgehead atoms. The average molecular weight is 233 g/mol. The Balaban J connectivity index is 1.77. The molecule has 17 heavy (non-hydrogen) atoms. The van der Waals surface area contributed by atoms with Crippen molar-refractivity contribution in [1.82, 2.24) is 15.3 Å². The van der Waals surface area contributed by atoms with E-state index in [0.29, 0.717) is 0 Å². The standard InChI is InChI=1S/C13H19N3O/c1-4-14-8-11-12(1)15-9-16-13(11)7-10-2-5-17-6-3-10/h9-10,14H,1-8H2. The van der Waals surface area contributed by atoms with E-state index >= 15 is 0 Å². The van der Waals surface area contributed by atoms with Crippen LogP contribution < -0.4 is 5.32 Å². The van der Waals surface area contributed by atoms with E-state index in [1.54, 1.807) is 6.33 Å². The Morgan fingerprint density at radius 2 is 2.18 bits per heavy atom. The summed E-state index contributed by atoms with van der Waals surface area (Å²) in [5, 5.41) is 3.41. The van der Waals surface area contributed by atoms with Crippen molar-refractivity contribution in [3.05, 3.63) is 23.3 Å². The van der Waals surface area contributed by atoms with Crippen LogP contribution in [-0.4, -0.2) is 29.7 Å². The van der Waals surface area contributed by atoms with E-state index in [1.165, 1.54) is 29.8 Å². The van der Waals surface area contributed by atoms with Gasteiger partial charge in [0.1, 0.15) is 6.33 Å². The van der Waals surface area contributed by atoms with E-state index in [-0.39, 0.29) is 0 Å². The van der Waals surface area contributed by atoms with Gasteiger partial charge in [-0.05, 0) is 25.2 Å². The van der Waals surface area contributed by atoms with E-state index < -0.39 is 0 Å². The Morgan fingerprint density at radius 3 is 3.06 bits per heavy atom. The molecule has 3 heterocycles. The normalized spacial score (nSPS) is 21.2. The molecule has 0 atom stereocenters. The lowest BCUT2D eigenvalue weighted by Crippen LogP contribution is -2.27. The minimum absolute atomic E-state index is 0.740. The predicted molar refractivity (Wildman–Crippen MR) is 64.7 cm³/mol. The highest BCUT2D eigenvalue weighted by Gasteiger charge is 2.20. The molecular formula is C13H19N3O. The fourth-order valence-electron chi connectivity index (χ4n) is 2.73. The van der Waals surface area contributed by atoms with Gasteiger partial charge >= 0.3 is 0 Å². The van der Waals surface area contributed by atoms with E-state index in [4.69, 9.17) is 4.74 Å². The van der Waals surface area contributed by atoms with Crippen LogP contribution in [0.1, 0.15) is 29.8 Å². The molecule has 1 aromatic heterocycles. The minimum Gasteiger partial charge on any atom is -0.381 e. The van der Waals surface area contributed by atoms with Gasteiger partial charge in [-0.25, -0.2) is 9.97 Å². The molecule has 4 nitrogen and oxygen atoms in total. The molecule has 0 spiro atoms. The third kappa shape index (κ3) is 2.48. The molecule has 92 valence electrons. The highest BCUT2D eigenvalue weighted by atomic mass is 16.5. The van der Waals surface area contributed by atoms with Crippen molar-refractivity contribution >= 4 is 0 Å². The van der Waals surface area contributed by atoms with Crippen molar-refractivity contribution < 1.29 is 4.74 Å². The number of hydrogen-bond acceptors (Lipinski definition) is 4. The van der Waals surface area contributed by atoms with E-state index in [2.05, 4.69) is 15.3 Å². The van der Waals surface area contributed by atoms with Crippen molar-refractivity contribution in [2.45, 2.75) is 32.2 Å². The van der Waals surface area contributed by atoms with Crippen molar-refractivity contribution in [2.75, 3.05) is 19.8 Å². The first-order chi connectivity index (χ1) is 8.43. The molecule has 2 aliphatic heterocycles. The van der Waals surface area contributed by atoms with Crippen molar-refractivity contribution in [2.24, 2.45) is 5.92 Å². The van der Waals surface area contributed by atoms with Gasteiger partial charge in [0.2, 0.25) is 0 Å². The van der Waals surface area contributed by atoms with Crippen molar-refractivity contribution in [3.8, 4) is 0 Å². The molecule has 0 amide bonds. The van der Waals surface area contributed by atoms with Gasteiger partial charge in [-0.2, -0.15) is 0 Å². The summed E-state index contributed by atoms with van der Waals surface area (Å²) in [4.78, 5) is 8.89. The first kappa shape index (κ1) is 11.1. The first-order valence-corrected chi connectivity index (χ1v) is 6.53. The fourth-order valence-corrected chi connectivity index (χ4v) is 2.73. The second-order valence-corrected chi connectivity index (χ2v) is 4.93. The van der Waals surface area contributed by atoms with Crippen LogP contribution in [0.5, 0.6) is 0 Å². The summed E-state index contributed by atoms with van der Waals surface area (Å²) in [5.74, 6) is 0.740. The molecule has 4 heteroatoms. The largest absolute Gasteiger partial charge is 0.381 e. The van der Waals surface area contributed by atoms with Gasteiger partial charge in [-0.1, -0.05) is 0 Å². The summed E-state index contributed by atoms with van der Waals surface area (Å²) in [7, 11) is 0. The van der Waals surface area contributed by atoms with Gasteiger partial charge in [-0.3, -0.25) is 0 Å². The number of nitrogens with one attached hydrogen (secondary N) is 1. The lowest BCUT2D eigenvalue weighted by Gasteiger charge is -2.24. The van der Waals surface area contributed by atoms with Gasteiger partial charge in [0.05, 0.1) is 0 Å². The monoisotopic (exact) mass is 233 g/mol. The summed E-state index contributed by atoms with van der Waals surface area (Å²) in [5.41, 5.74) is 3.86. The summed E-state index contributed by atoms with van der Waals surface area (Å²) in [6, 6.07) is 0. The Labute approximate surface area is 102 Å². The number of ether oxygens (including phenoxy) is 1. The quantitative estimate of drug-likeness (QED) is 0.830. The molecule has 2 aliphatic rings. The predicted octanol–water partition coefficient (Wildman–Crippen LogP) is 1.09. The third-order valence-electron chi connectivity index (χ3n) is 3.79. The Hall–Kier alpha value is -1.00. The third-order valence-corrected chi connectivity index (χ3v) is 3.79. The van der Waals surface area contributed by atoms with Crippen LogP contribution in [0.15, 0.2) is 6.33 Å². The molecule has 0 aromatic carbocycles. The smallest absolute Gasteiger partial charge is 0.115 e. The molecule has 0 aliphatic carbocycles. The molecule has 0 radical (unpaired) electrons. The van der Waals surface area contributed by atoms with Gasteiger partial charge < -0.3 is 10.1 Å². The number of hydrogen-bond donors (Lipinski definition) is 1. The number of fused-ring (bicyclic) bond motifs is 1. The summed E-state index contributed by atoms with van der Waals surface area (Å²) in [6.45, 7) is 3.81. The summed E-state index contributed by atoms with van der Waals surface area (Å²) in [6.07, 6.45) is 6.21. The Bertz CT molecular complexity index is 388. The molecule has 0 unspecified atom stereocenters. The van der Waals surface area contributed by atoms with Gasteiger partial charge in [0.15, 0.2) is 0 Å². The van der Waals surface area contributed by atoms with Crippen LogP contribution in [0, 0.1) is 5.92 Å². The highest BCUT2D eigenvalue weighted by Crippen LogP contribution is 2.22. The van der Waals surface area contributed by atoms with Crippen molar-refractivity contribution in [1.29, 1.82) is 0 Å². The van der Waals surface area contributed by atoms with E-state index in [0.717, 1.165) is 45.1 Å². The van der Waals surface area contributed by atoms with Crippen LogP contribution in [0.25, 0.3) is 0 Å². The molecule has 3 rings (SSSR count). The maximum Gasteiger partial charge on any atom is 0.115 e. The Kier molecular flexibility index (Phi) is 3.34. The molecule has 0 saturated carbocycles. The minimum atomic E-state index is 0.740. The van der Waals surface area contributed by atoms with Gasteiger partial charge in [0, 0.05) is 49.7 Å². The van der Waals surface area contributed by atoms with Crippen LogP contribution in [0.4, 0.5) is 0 Å². The molecule has 1 saturated heterocycles. The molecule has 1 aromatic rings. The van der Waals surface area contributed by atoms with E-state index in [9.17, 15) is 0 Å². The van der Waals surface area contributed by atoms with Gasteiger partial charge in [0.25, 0.3) is 0 Å². The molecule has 1 fully saturated rings. The lowest BCUT2D eigenvalue weighted by atomic mass is 9.92. The van der Waals surface area contributed by atoms with Gasteiger partial charge in [-0.15, -0.1) is 0 Å². The lowest BCUT2D eigenvalue weighted by molar-refractivity contribution is 0.0662. The number of nitrogens with zero attached hydrogens (tertiary/aromatic N) is 2. The fraction of sp³-hybridized carbons (Fsp3) is 0.692. The zero-order chi connectivity index (χ0) is 11.5. The zero-order valence-electron chi connectivity index (χ0n) is 10.1. The first-order valence-electron chi connectivity index (χ1n) is 6.53. The Morgan fingerprint density at radius 1 is 1.29 bits per heavy atom. The van der Waals surface area contributed by atoms with Crippen molar-refractivity contribution in [3.63, 3.8) is 0 Å². The maximum absolute atomic E-state index is 5.40. The van der Waals surface area contributed by atoms with Crippen LogP contribution in [0.3, 0.4) is 0 Å². The van der Waals surface area contributed by atoms with E-state index in [1.807, 2.05) is 0 Å². The summed E-state index contributed by atoms with van der Waals surface area (Å²) < 4.78 is 5.40. The van der Waals surface area contributed by atoms with Crippen LogP contribution >= 0.6 is 0 Å². The number of aromatic nitrogens is 2. The zero-order valence-corrected chi connectivity index (χ0v) is 10.1. The molecule has 1 N–H and O–H groups in total.